The van der Waals surface area contributed by atoms with Crippen LogP contribution in [-0.4, -0.2) is 43.0 Å². The summed E-state index contributed by atoms with van der Waals surface area (Å²) in [6, 6.07) is 6.97. The minimum absolute atomic E-state index is 0.235. The molecule has 0 radical (unpaired) electrons. The number of aliphatic hydroxyl groups is 1. The average Bonchev–Trinajstić information content (AvgIpc) is 2.93. The van der Waals surface area contributed by atoms with Gasteiger partial charge in [0.2, 0.25) is 0 Å². The number of urea groups is 1. The van der Waals surface area contributed by atoms with Crippen molar-refractivity contribution in [2.24, 2.45) is 0 Å². The van der Waals surface area contributed by atoms with Gasteiger partial charge in [0, 0.05) is 24.8 Å². The number of carbonyl (C=O) groups excluding carboxylic acids is 1. The molecule has 2 rings (SSSR count). The second-order valence-electron chi connectivity index (χ2n) is 5.69. The molecule has 4 N–H and O–H groups in total. The number of ether oxygens (including phenoxy) is 1. The number of nitrogens with one attached hydrogen (secondary N) is 3. The average molecular weight is 307 g/mol. The molecule has 1 aliphatic rings. The molecule has 0 bridgehead atoms. The minimum atomic E-state index is -0.845. The Morgan fingerprint density at radius 3 is 3.09 bits per heavy atom. The number of hydrogen-bond acceptors (Lipinski definition) is 4. The molecule has 2 amide bonds. The summed E-state index contributed by atoms with van der Waals surface area (Å²) >= 11 is 0. The summed E-state index contributed by atoms with van der Waals surface area (Å²) in [5.41, 5.74) is -0.175. The third-order valence-corrected chi connectivity index (χ3v) is 3.66. The lowest BCUT2D eigenvalue weighted by molar-refractivity contribution is 0.0640. The maximum Gasteiger partial charge on any atom is 0.319 e. The highest BCUT2D eigenvalue weighted by Gasteiger charge is 2.31. The predicted molar refractivity (Wildman–Crippen MR) is 86.3 cm³/mol. The highest BCUT2D eigenvalue weighted by atomic mass is 16.5. The molecule has 0 saturated carbocycles. The number of hydrogen-bond donors (Lipinski definition) is 4. The van der Waals surface area contributed by atoms with Gasteiger partial charge in [-0.15, -0.1) is 0 Å². The zero-order valence-electron chi connectivity index (χ0n) is 13.0. The highest BCUT2D eigenvalue weighted by molar-refractivity contribution is 5.89. The Morgan fingerprint density at radius 1 is 1.50 bits per heavy atom. The van der Waals surface area contributed by atoms with Gasteiger partial charge in [0.05, 0.1) is 12.2 Å². The first kappa shape index (κ1) is 16.6. The van der Waals surface area contributed by atoms with Gasteiger partial charge in [-0.1, -0.05) is 19.4 Å². The molecule has 122 valence electrons. The summed E-state index contributed by atoms with van der Waals surface area (Å²) < 4.78 is 5.61. The Labute approximate surface area is 131 Å². The number of carbonyl (C=O) groups is 1. The van der Waals surface area contributed by atoms with E-state index >= 15 is 0 Å². The van der Waals surface area contributed by atoms with Crippen molar-refractivity contribution in [3.63, 3.8) is 0 Å². The molecule has 6 nitrogen and oxygen atoms in total. The highest BCUT2D eigenvalue weighted by Crippen LogP contribution is 2.18. The fourth-order valence-electron chi connectivity index (χ4n) is 2.30. The van der Waals surface area contributed by atoms with Gasteiger partial charge in [-0.3, -0.25) is 0 Å². The molecular formula is C16H25N3O3. The number of β-amino-alcohol motifs (C(OH)–C–C–N with tert-alkyl or cyclic N) is 1. The van der Waals surface area contributed by atoms with Crippen molar-refractivity contribution in [2.75, 3.05) is 31.6 Å². The summed E-state index contributed by atoms with van der Waals surface area (Å²) in [6.07, 6.45) is 2.73. The van der Waals surface area contributed by atoms with Crippen molar-refractivity contribution in [1.29, 1.82) is 0 Å². The van der Waals surface area contributed by atoms with E-state index in [0.717, 1.165) is 25.1 Å². The second-order valence-corrected chi connectivity index (χ2v) is 5.69. The molecule has 0 aromatic heterocycles. The Morgan fingerprint density at radius 2 is 2.36 bits per heavy atom. The van der Waals surface area contributed by atoms with Gasteiger partial charge in [-0.05, 0) is 31.5 Å². The molecule has 1 saturated heterocycles. The Bertz CT molecular complexity index is 487. The van der Waals surface area contributed by atoms with E-state index in [4.69, 9.17) is 4.74 Å². The van der Waals surface area contributed by atoms with Crippen LogP contribution < -0.4 is 20.7 Å². The summed E-state index contributed by atoms with van der Waals surface area (Å²) in [4.78, 5) is 11.9. The molecule has 1 aliphatic heterocycles. The summed E-state index contributed by atoms with van der Waals surface area (Å²) in [6.45, 7) is 4.30. The van der Waals surface area contributed by atoms with Crippen LogP contribution in [0.3, 0.4) is 0 Å². The topological polar surface area (TPSA) is 82.6 Å². The van der Waals surface area contributed by atoms with E-state index in [1.54, 1.807) is 12.1 Å². The van der Waals surface area contributed by atoms with E-state index in [1.807, 2.05) is 12.1 Å². The van der Waals surface area contributed by atoms with E-state index in [-0.39, 0.29) is 12.6 Å². The lowest BCUT2D eigenvalue weighted by Gasteiger charge is -2.21. The van der Waals surface area contributed by atoms with Crippen molar-refractivity contribution in [2.45, 2.75) is 31.8 Å². The molecule has 6 heteroatoms. The molecule has 0 aliphatic carbocycles. The number of anilines is 1. The standard InChI is InChI=1S/C16H25N3O3/c1-2-3-9-22-14-6-4-5-13(10-14)19-15(20)18-12-16(21)7-8-17-11-16/h4-6,10,17,21H,2-3,7-9,11-12H2,1H3,(H2,18,19,20). The second kappa shape index (κ2) is 8.00. The van der Waals surface area contributed by atoms with Crippen LogP contribution in [0.25, 0.3) is 0 Å². The van der Waals surface area contributed by atoms with Crippen LogP contribution in [0.2, 0.25) is 0 Å². The number of amides is 2. The fraction of sp³-hybridized carbons (Fsp3) is 0.562. The molecule has 1 fully saturated rings. The molecule has 1 aromatic rings. The fourth-order valence-corrected chi connectivity index (χ4v) is 2.30. The Hall–Kier alpha value is -1.79. The maximum atomic E-state index is 11.9. The Balaban J connectivity index is 1.79. The van der Waals surface area contributed by atoms with E-state index in [1.165, 1.54) is 0 Å². The third kappa shape index (κ3) is 5.20. The zero-order valence-corrected chi connectivity index (χ0v) is 13.0. The van der Waals surface area contributed by atoms with Crippen LogP contribution >= 0.6 is 0 Å². The largest absolute Gasteiger partial charge is 0.494 e. The first-order valence-electron chi connectivity index (χ1n) is 7.82. The summed E-state index contributed by atoms with van der Waals surface area (Å²) in [5.74, 6) is 0.741. The monoisotopic (exact) mass is 307 g/mol. The lowest BCUT2D eigenvalue weighted by Crippen LogP contribution is -2.45. The van der Waals surface area contributed by atoms with E-state index in [0.29, 0.717) is 25.3 Å². The molecular weight excluding hydrogens is 282 g/mol. The van der Waals surface area contributed by atoms with E-state index < -0.39 is 5.60 Å². The van der Waals surface area contributed by atoms with Crippen molar-refractivity contribution in [3.05, 3.63) is 24.3 Å². The SMILES string of the molecule is CCCCOc1cccc(NC(=O)NCC2(O)CCNC2)c1. The van der Waals surface area contributed by atoms with Gasteiger partial charge in [-0.25, -0.2) is 4.79 Å². The van der Waals surface area contributed by atoms with E-state index in [9.17, 15) is 9.90 Å². The molecule has 1 aromatic carbocycles. The number of benzene rings is 1. The van der Waals surface area contributed by atoms with Gasteiger partial charge >= 0.3 is 6.03 Å². The first-order valence-corrected chi connectivity index (χ1v) is 7.82. The normalized spacial score (nSPS) is 20.6. The molecule has 0 spiro atoms. The van der Waals surface area contributed by atoms with Gasteiger partial charge < -0.3 is 25.8 Å². The Kier molecular flexibility index (Phi) is 6.03. The van der Waals surface area contributed by atoms with Crippen LogP contribution in [0.1, 0.15) is 26.2 Å². The third-order valence-electron chi connectivity index (χ3n) is 3.66. The van der Waals surface area contributed by atoms with Crippen molar-refractivity contribution in [1.82, 2.24) is 10.6 Å². The molecule has 1 unspecified atom stereocenters. The summed E-state index contributed by atoms with van der Waals surface area (Å²) in [7, 11) is 0. The van der Waals surface area contributed by atoms with Crippen LogP contribution in [0.5, 0.6) is 5.75 Å². The lowest BCUT2D eigenvalue weighted by atomic mass is 10.0. The minimum Gasteiger partial charge on any atom is -0.494 e. The first-order chi connectivity index (χ1) is 10.6. The van der Waals surface area contributed by atoms with Crippen LogP contribution in [0.15, 0.2) is 24.3 Å². The van der Waals surface area contributed by atoms with Gasteiger partial charge in [0.15, 0.2) is 0 Å². The summed E-state index contributed by atoms with van der Waals surface area (Å²) in [5, 5.41) is 18.7. The van der Waals surface area contributed by atoms with Crippen LogP contribution in [-0.2, 0) is 0 Å². The quantitative estimate of drug-likeness (QED) is 0.578. The number of unbranched alkanes of at least 4 members (excludes halogenated alkanes) is 1. The smallest absolute Gasteiger partial charge is 0.319 e. The maximum absolute atomic E-state index is 11.9. The van der Waals surface area contributed by atoms with Gasteiger partial charge in [0.25, 0.3) is 0 Å². The van der Waals surface area contributed by atoms with Crippen LogP contribution in [0, 0.1) is 0 Å². The van der Waals surface area contributed by atoms with Crippen LogP contribution in [0.4, 0.5) is 10.5 Å². The van der Waals surface area contributed by atoms with Crippen molar-refractivity contribution in [3.8, 4) is 5.75 Å². The van der Waals surface area contributed by atoms with Crippen molar-refractivity contribution >= 4 is 11.7 Å². The molecule has 22 heavy (non-hydrogen) atoms. The van der Waals surface area contributed by atoms with E-state index in [2.05, 4.69) is 22.9 Å². The van der Waals surface area contributed by atoms with Crippen molar-refractivity contribution < 1.29 is 14.6 Å². The number of rotatable bonds is 7. The molecule has 1 atom stereocenters. The molecule has 1 heterocycles. The zero-order chi connectivity index (χ0) is 15.8. The van der Waals surface area contributed by atoms with Gasteiger partial charge in [-0.2, -0.15) is 0 Å². The predicted octanol–water partition coefficient (Wildman–Crippen LogP) is 1.71. The van der Waals surface area contributed by atoms with Gasteiger partial charge in [0.1, 0.15) is 5.75 Å².